The van der Waals surface area contributed by atoms with E-state index in [0.29, 0.717) is 18.5 Å². The van der Waals surface area contributed by atoms with Gasteiger partial charge in [-0.15, -0.1) is 0 Å². The molecule has 0 aliphatic heterocycles. The smallest absolute Gasteiger partial charge is 0.268 e. The molecule has 5 nitrogen and oxygen atoms in total. The molecule has 22 heavy (non-hydrogen) atoms. The van der Waals surface area contributed by atoms with Crippen LogP contribution in [0.4, 0.5) is 0 Å². The SMILES string of the molecule is O=C(N[C@@H]1CCC[C@@H](O)[C@@H]1O)c1ccc(-c2ccccc2)[nH]1. The number of aliphatic hydroxyl groups is 2. The lowest BCUT2D eigenvalue weighted by Gasteiger charge is -2.32. The predicted molar refractivity (Wildman–Crippen MR) is 83.3 cm³/mol. The van der Waals surface area contributed by atoms with Crippen LogP contribution >= 0.6 is 0 Å². The van der Waals surface area contributed by atoms with E-state index in [1.54, 1.807) is 6.07 Å². The fourth-order valence-corrected chi connectivity index (χ4v) is 2.87. The summed E-state index contributed by atoms with van der Waals surface area (Å²) < 4.78 is 0. The maximum absolute atomic E-state index is 12.3. The predicted octanol–water partition coefficient (Wildman–Crippen LogP) is 1.69. The first-order valence-corrected chi connectivity index (χ1v) is 7.56. The van der Waals surface area contributed by atoms with Gasteiger partial charge in [0.1, 0.15) is 5.69 Å². The van der Waals surface area contributed by atoms with Gasteiger partial charge in [-0.05, 0) is 37.0 Å². The van der Waals surface area contributed by atoms with Crippen molar-refractivity contribution in [1.29, 1.82) is 0 Å². The molecule has 0 saturated heterocycles. The number of H-pyrrole nitrogens is 1. The molecule has 1 heterocycles. The van der Waals surface area contributed by atoms with E-state index < -0.39 is 18.2 Å². The van der Waals surface area contributed by atoms with Crippen LogP contribution in [-0.2, 0) is 0 Å². The van der Waals surface area contributed by atoms with Crippen LogP contribution in [0.5, 0.6) is 0 Å². The molecule has 3 atom stereocenters. The second kappa shape index (κ2) is 6.34. The molecule has 1 aromatic heterocycles. The van der Waals surface area contributed by atoms with E-state index in [-0.39, 0.29) is 5.91 Å². The third kappa shape index (κ3) is 3.05. The first-order valence-electron chi connectivity index (χ1n) is 7.56. The van der Waals surface area contributed by atoms with Crippen molar-refractivity contribution >= 4 is 5.91 Å². The molecule has 0 unspecified atom stereocenters. The van der Waals surface area contributed by atoms with E-state index in [0.717, 1.165) is 17.7 Å². The van der Waals surface area contributed by atoms with E-state index in [2.05, 4.69) is 10.3 Å². The summed E-state index contributed by atoms with van der Waals surface area (Å²) >= 11 is 0. The molecule has 4 N–H and O–H groups in total. The molecule has 3 rings (SSSR count). The molecule has 1 aromatic carbocycles. The summed E-state index contributed by atoms with van der Waals surface area (Å²) in [5, 5.41) is 22.4. The molecule has 1 aliphatic carbocycles. The molecule has 116 valence electrons. The quantitative estimate of drug-likeness (QED) is 0.696. The number of carbonyl (C=O) groups excluding carboxylic acids is 1. The Balaban J connectivity index is 1.69. The Kier molecular flexibility index (Phi) is 4.27. The minimum absolute atomic E-state index is 0.264. The zero-order chi connectivity index (χ0) is 15.5. The molecule has 0 radical (unpaired) electrons. The summed E-state index contributed by atoms with van der Waals surface area (Å²) in [4.78, 5) is 15.4. The second-order valence-electron chi connectivity index (χ2n) is 5.72. The van der Waals surface area contributed by atoms with Crippen LogP contribution in [0.3, 0.4) is 0 Å². The summed E-state index contributed by atoms with van der Waals surface area (Å²) in [5.41, 5.74) is 2.33. The number of amides is 1. The highest BCUT2D eigenvalue weighted by Gasteiger charge is 2.31. The van der Waals surface area contributed by atoms with Crippen molar-refractivity contribution in [3.8, 4) is 11.3 Å². The second-order valence-corrected chi connectivity index (χ2v) is 5.72. The molecule has 1 aliphatic rings. The number of rotatable bonds is 3. The summed E-state index contributed by atoms with van der Waals surface area (Å²) in [6.07, 6.45) is 0.386. The van der Waals surface area contributed by atoms with E-state index in [1.807, 2.05) is 36.4 Å². The van der Waals surface area contributed by atoms with Gasteiger partial charge in [-0.25, -0.2) is 0 Å². The molecular weight excluding hydrogens is 280 g/mol. The van der Waals surface area contributed by atoms with Gasteiger partial charge in [0.15, 0.2) is 0 Å². The van der Waals surface area contributed by atoms with Crippen LogP contribution in [0.15, 0.2) is 42.5 Å². The number of hydrogen-bond acceptors (Lipinski definition) is 3. The number of carbonyl (C=O) groups is 1. The minimum Gasteiger partial charge on any atom is -0.390 e. The van der Waals surface area contributed by atoms with E-state index in [4.69, 9.17) is 0 Å². The highest BCUT2D eigenvalue weighted by atomic mass is 16.3. The number of benzene rings is 1. The van der Waals surface area contributed by atoms with Crippen molar-refractivity contribution < 1.29 is 15.0 Å². The Labute approximate surface area is 129 Å². The summed E-state index contributed by atoms with van der Waals surface area (Å²) in [5.74, 6) is -0.264. The van der Waals surface area contributed by atoms with Crippen LogP contribution in [0.1, 0.15) is 29.8 Å². The topological polar surface area (TPSA) is 85.3 Å². The Morgan fingerprint density at radius 1 is 1.09 bits per heavy atom. The van der Waals surface area contributed by atoms with Crippen molar-refractivity contribution in [1.82, 2.24) is 10.3 Å². The third-order valence-corrected chi connectivity index (χ3v) is 4.15. The van der Waals surface area contributed by atoms with Crippen molar-refractivity contribution in [2.24, 2.45) is 0 Å². The van der Waals surface area contributed by atoms with Gasteiger partial charge in [-0.1, -0.05) is 30.3 Å². The molecular formula is C17H20N2O3. The molecule has 0 spiro atoms. The molecule has 0 bridgehead atoms. The van der Waals surface area contributed by atoms with E-state index >= 15 is 0 Å². The van der Waals surface area contributed by atoms with E-state index in [1.165, 1.54) is 0 Å². The monoisotopic (exact) mass is 300 g/mol. The highest BCUT2D eigenvalue weighted by molar-refractivity contribution is 5.93. The lowest BCUT2D eigenvalue weighted by Crippen LogP contribution is -2.51. The van der Waals surface area contributed by atoms with Crippen LogP contribution in [0.2, 0.25) is 0 Å². The van der Waals surface area contributed by atoms with Crippen molar-refractivity contribution in [2.45, 2.75) is 37.5 Å². The summed E-state index contributed by atoms with van der Waals surface area (Å²) in [6.45, 7) is 0. The number of aromatic nitrogens is 1. The Morgan fingerprint density at radius 2 is 1.86 bits per heavy atom. The largest absolute Gasteiger partial charge is 0.390 e. The average Bonchev–Trinajstić information content (AvgIpc) is 3.03. The van der Waals surface area contributed by atoms with Gasteiger partial charge in [0.2, 0.25) is 0 Å². The van der Waals surface area contributed by atoms with Crippen molar-refractivity contribution in [3.05, 3.63) is 48.2 Å². The van der Waals surface area contributed by atoms with Crippen LogP contribution in [0.25, 0.3) is 11.3 Å². The molecule has 1 saturated carbocycles. The van der Waals surface area contributed by atoms with Crippen molar-refractivity contribution in [3.63, 3.8) is 0 Å². The lowest BCUT2D eigenvalue weighted by molar-refractivity contribution is -0.0278. The first-order chi connectivity index (χ1) is 10.6. The maximum Gasteiger partial charge on any atom is 0.268 e. The van der Waals surface area contributed by atoms with Crippen LogP contribution in [0, 0.1) is 0 Å². The third-order valence-electron chi connectivity index (χ3n) is 4.15. The molecule has 1 amide bonds. The van der Waals surface area contributed by atoms with Gasteiger partial charge in [-0.3, -0.25) is 4.79 Å². The molecule has 2 aromatic rings. The lowest BCUT2D eigenvalue weighted by atomic mass is 9.90. The minimum atomic E-state index is -0.902. The summed E-state index contributed by atoms with van der Waals surface area (Å²) in [6, 6.07) is 12.9. The van der Waals surface area contributed by atoms with Gasteiger partial charge in [0, 0.05) is 5.69 Å². The van der Waals surface area contributed by atoms with E-state index in [9.17, 15) is 15.0 Å². The van der Waals surface area contributed by atoms with Gasteiger partial charge >= 0.3 is 0 Å². The van der Waals surface area contributed by atoms with Crippen LogP contribution < -0.4 is 5.32 Å². The number of hydrogen-bond donors (Lipinski definition) is 4. The number of aromatic amines is 1. The number of nitrogens with one attached hydrogen (secondary N) is 2. The first kappa shape index (κ1) is 14.8. The zero-order valence-corrected chi connectivity index (χ0v) is 12.2. The van der Waals surface area contributed by atoms with Crippen molar-refractivity contribution in [2.75, 3.05) is 0 Å². The summed E-state index contributed by atoms with van der Waals surface area (Å²) in [7, 11) is 0. The Hall–Kier alpha value is -2.11. The van der Waals surface area contributed by atoms with Crippen LogP contribution in [-0.4, -0.2) is 39.4 Å². The normalized spacial score (nSPS) is 24.9. The molecule has 5 heteroatoms. The van der Waals surface area contributed by atoms with Gasteiger partial charge in [0.25, 0.3) is 5.91 Å². The van der Waals surface area contributed by atoms with Gasteiger partial charge in [-0.2, -0.15) is 0 Å². The maximum atomic E-state index is 12.3. The Morgan fingerprint density at radius 3 is 2.64 bits per heavy atom. The molecule has 1 fully saturated rings. The fourth-order valence-electron chi connectivity index (χ4n) is 2.87. The average molecular weight is 300 g/mol. The highest BCUT2D eigenvalue weighted by Crippen LogP contribution is 2.21. The number of aliphatic hydroxyl groups excluding tert-OH is 2. The fraction of sp³-hybridized carbons (Fsp3) is 0.353. The standard InChI is InChI=1S/C17H20N2O3/c20-15-8-4-7-13(16(15)21)19-17(22)14-10-9-12(18-14)11-5-2-1-3-6-11/h1-3,5-6,9-10,13,15-16,18,20-21H,4,7-8H2,(H,19,22)/t13-,15-,16-/m1/s1. The van der Waals surface area contributed by atoms with Gasteiger partial charge < -0.3 is 20.5 Å². The zero-order valence-electron chi connectivity index (χ0n) is 12.2. The Bertz CT molecular complexity index is 638. The van der Waals surface area contributed by atoms with Gasteiger partial charge in [0.05, 0.1) is 18.2 Å².